The Morgan fingerprint density at radius 3 is 1.86 bits per heavy atom. The molecular formula is C18H33NO2. The zero-order valence-electron chi connectivity index (χ0n) is 14.9. The van der Waals surface area contributed by atoms with Crippen molar-refractivity contribution in [3.05, 3.63) is 29.8 Å². The number of hydrogen-bond acceptors (Lipinski definition) is 2. The van der Waals surface area contributed by atoms with Gasteiger partial charge in [0.15, 0.2) is 0 Å². The van der Waals surface area contributed by atoms with E-state index in [9.17, 15) is 4.79 Å². The monoisotopic (exact) mass is 295 g/mol. The number of amides is 1. The van der Waals surface area contributed by atoms with Crippen LogP contribution in [-0.2, 0) is 4.79 Å². The lowest BCUT2D eigenvalue weighted by atomic mass is 9.92. The van der Waals surface area contributed by atoms with Gasteiger partial charge in [-0.2, -0.15) is 0 Å². The molecule has 0 unspecified atom stereocenters. The van der Waals surface area contributed by atoms with Gasteiger partial charge < -0.3 is 10.4 Å². The molecular weight excluding hydrogens is 262 g/mol. The lowest BCUT2D eigenvalue weighted by Crippen LogP contribution is -2.32. The van der Waals surface area contributed by atoms with Crippen molar-refractivity contribution < 1.29 is 9.90 Å². The van der Waals surface area contributed by atoms with Crippen molar-refractivity contribution in [1.29, 1.82) is 0 Å². The molecule has 0 saturated heterocycles. The highest BCUT2D eigenvalue weighted by Gasteiger charge is 2.15. The van der Waals surface area contributed by atoms with Crippen LogP contribution in [0.4, 0.5) is 0 Å². The zero-order chi connectivity index (χ0) is 17.1. The van der Waals surface area contributed by atoms with Crippen molar-refractivity contribution in [2.75, 3.05) is 0 Å². The Bertz CT molecular complexity index is 354. The van der Waals surface area contributed by atoms with Gasteiger partial charge in [0.2, 0.25) is 5.91 Å². The minimum absolute atomic E-state index is 0.0962. The van der Waals surface area contributed by atoms with E-state index in [0.29, 0.717) is 12.2 Å². The second-order valence-electron chi connectivity index (χ2n) is 6.30. The third-order valence-electron chi connectivity index (χ3n) is 2.17. The maximum Gasteiger partial charge on any atom is 0.220 e. The largest absolute Gasteiger partial charge is 0.508 e. The average molecular weight is 295 g/mol. The Labute approximate surface area is 130 Å². The van der Waals surface area contributed by atoms with E-state index in [2.05, 4.69) is 26.1 Å². The second-order valence-corrected chi connectivity index (χ2v) is 6.30. The molecule has 0 aromatic heterocycles. The molecule has 0 aliphatic carbocycles. The summed E-state index contributed by atoms with van der Waals surface area (Å²) in [5.74, 6) is 0.475. The number of carbonyl (C=O) groups excluding carboxylic acids is 1. The number of aryl methyl sites for hydroxylation is 1. The Morgan fingerprint density at radius 2 is 1.57 bits per heavy atom. The third-order valence-corrected chi connectivity index (χ3v) is 2.17. The Kier molecular flexibility index (Phi) is 11.6. The van der Waals surface area contributed by atoms with Crippen LogP contribution in [0, 0.1) is 12.3 Å². The van der Waals surface area contributed by atoms with Crippen LogP contribution < -0.4 is 5.32 Å². The van der Waals surface area contributed by atoms with Crippen LogP contribution >= 0.6 is 0 Å². The lowest BCUT2D eigenvalue weighted by molar-refractivity contribution is -0.123. The Balaban J connectivity index is 0. The van der Waals surface area contributed by atoms with E-state index >= 15 is 0 Å². The van der Waals surface area contributed by atoms with E-state index in [1.165, 1.54) is 5.56 Å². The summed E-state index contributed by atoms with van der Waals surface area (Å²) in [5, 5.41) is 11.6. The van der Waals surface area contributed by atoms with Crippen molar-refractivity contribution in [2.45, 2.75) is 67.9 Å². The Morgan fingerprint density at radius 1 is 1.14 bits per heavy atom. The molecule has 0 fully saturated rings. The van der Waals surface area contributed by atoms with Crippen LogP contribution in [0.25, 0.3) is 0 Å². The predicted octanol–water partition coefficient (Wildman–Crippen LogP) is 4.67. The molecule has 1 rings (SSSR count). The van der Waals surface area contributed by atoms with Gasteiger partial charge in [-0.3, -0.25) is 4.79 Å². The van der Waals surface area contributed by atoms with Gasteiger partial charge in [-0.05, 0) is 38.3 Å². The topological polar surface area (TPSA) is 49.3 Å². The fourth-order valence-electron chi connectivity index (χ4n) is 1.40. The lowest BCUT2D eigenvalue weighted by Gasteiger charge is -2.18. The number of nitrogens with one attached hydrogen (secondary N) is 1. The molecule has 122 valence electrons. The van der Waals surface area contributed by atoms with E-state index < -0.39 is 0 Å². The smallest absolute Gasteiger partial charge is 0.220 e. The average Bonchev–Trinajstić information content (AvgIpc) is 2.33. The minimum atomic E-state index is 0.0962. The summed E-state index contributed by atoms with van der Waals surface area (Å²) in [7, 11) is 0. The molecule has 3 heteroatoms. The number of benzene rings is 1. The van der Waals surface area contributed by atoms with Gasteiger partial charge >= 0.3 is 0 Å². The van der Waals surface area contributed by atoms with Crippen LogP contribution in [0.5, 0.6) is 5.75 Å². The van der Waals surface area contributed by atoms with Crippen LogP contribution in [0.3, 0.4) is 0 Å². The van der Waals surface area contributed by atoms with Crippen LogP contribution in [0.1, 0.15) is 60.5 Å². The quantitative estimate of drug-likeness (QED) is 0.832. The maximum atomic E-state index is 11.2. The molecule has 0 saturated carbocycles. The number of phenols is 1. The molecule has 0 heterocycles. The molecule has 0 aliphatic rings. The first-order valence-electron chi connectivity index (χ1n) is 7.65. The number of phenolic OH excluding ortho intramolecular Hbond substituents is 1. The summed E-state index contributed by atoms with van der Waals surface area (Å²) in [6, 6.07) is 7.35. The van der Waals surface area contributed by atoms with Crippen molar-refractivity contribution >= 4 is 5.91 Å². The highest BCUT2D eigenvalue weighted by Crippen LogP contribution is 2.17. The standard InChI is InChI=1S/C9H19NO.C7H8O.C2H6/c1-7(2)10-8(11)6-9(3,4)5;1-6-2-4-7(8)5-3-6;1-2/h7H,6H2,1-5H3,(H,10,11);2-5,8H,1H3;1-2H3. The van der Waals surface area contributed by atoms with Gasteiger partial charge in [0, 0.05) is 12.5 Å². The summed E-state index contributed by atoms with van der Waals surface area (Å²) in [6.07, 6.45) is 0.602. The van der Waals surface area contributed by atoms with Gasteiger partial charge in [-0.25, -0.2) is 0 Å². The van der Waals surface area contributed by atoms with Crippen molar-refractivity contribution in [3.8, 4) is 5.75 Å². The summed E-state index contributed by atoms with van der Waals surface area (Å²) in [4.78, 5) is 11.2. The fraction of sp³-hybridized carbons (Fsp3) is 0.611. The number of hydrogen-bond donors (Lipinski definition) is 2. The molecule has 2 N–H and O–H groups in total. The molecule has 0 aliphatic heterocycles. The molecule has 1 aromatic rings. The number of carbonyl (C=O) groups is 1. The summed E-state index contributed by atoms with van der Waals surface area (Å²) in [6.45, 7) is 16.1. The molecule has 0 spiro atoms. The van der Waals surface area contributed by atoms with E-state index in [0.717, 1.165) is 0 Å². The van der Waals surface area contributed by atoms with Gasteiger partial charge in [-0.1, -0.05) is 52.3 Å². The number of rotatable bonds is 2. The molecule has 0 radical (unpaired) electrons. The van der Waals surface area contributed by atoms with Crippen LogP contribution in [-0.4, -0.2) is 17.1 Å². The van der Waals surface area contributed by atoms with E-state index in [4.69, 9.17) is 5.11 Å². The van der Waals surface area contributed by atoms with Crippen LogP contribution in [0.15, 0.2) is 24.3 Å². The SMILES string of the molecule is CC.CC(C)NC(=O)CC(C)(C)C.Cc1ccc(O)cc1. The first-order chi connectivity index (χ1) is 9.60. The minimum Gasteiger partial charge on any atom is -0.508 e. The van der Waals surface area contributed by atoms with Gasteiger partial charge in [-0.15, -0.1) is 0 Å². The molecule has 21 heavy (non-hydrogen) atoms. The normalized spacial score (nSPS) is 9.95. The molecule has 0 bridgehead atoms. The van der Waals surface area contributed by atoms with E-state index in [1.807, 2.05) is 46.8 Å². The van der Waals surface area contributed by atoms with Crippen LogP contribution in [0.2, 0.25) is 0 Å². The first kappa shape index (κ1) is 21.8. The first-order valence-corrected chi connectivity index (χ1v) is 7.65. The van der Waals surface area contributed by atoms with E-state index in [-0.39, 0.29) is 17.4 Å². The zero-order valence-corrected chi connectivity index (χ0v) is 14.9. The fourth-order valence-corrected chi connectivity index (χ4v) is 1.40. The highest BCUT2D eigenvalue weighted by molar-refractivity contribution is 5.76. The third kappa shape index (κ3) is 16.4. The maximum absolute atomic E-state index is 11.2. The van der Waals surface area contributed by atoms with Crippen molar-refractivity contribution in [1.82, 2.24) is 5.32 Å². The van der Waals surface area contributed by atoms with Gasteiger partial charge in [0.1, 0.15) is 5.75 Å². The summed E-state index contributed by atoms with van der Waals surface area (Å²) < 4.78 is 0. The van der Waals surface area contributed by atoms with E-state index in [1.54, 1.807) is 12.1 Å². The molecule has 0 atom stereocenters. The van der Waals surface area contributed by atoms with Gasteiger partial charge in [0.05, 0.1) is 0 Å². The van der Waals surface area contributed by atoms with Gasteiger partial charge in [0.25, 0.3) is 0 Å². The highest BCUT2D eigenvalue weighted by atomic mass is 16.3. The predicted molar refractivity (Wildman–Crippen MR) is 91.5 cm³/mol. The summed E-state index contributed by atoms with van der Waals surface area (Å²) >= 11 is 0. The summed E-state index contributed by atoms with van der Waals surface area (Å²) in [5.41, 5.74) is 1.27. The van der Waals surface area contributed by atoms with Crippen molar-refractivity contribution in [3.63, 3.8) is 0 Å². The number of aromatic hydroxyl groups is 1. The Hall–Kier alpha value is -1.51. The van der Waals surface area contributed by atoms with Crippen molar-refractivity contribution in [2.24, 2.45) is 5.41 Å². The molecule has 1 amide bonds. The molecule has 3 nitrogen and oxygen atoms in total. The second kappa shape index (κ2) is 11.2. The molecule has 1 aromatic carbocycles.